The summed E-state index contributed by atoms with van der Waals surface area (Å²) in [7, 11) is 3.78. The molecule has 1 N–H and O–H groups in total. The van der Waals surface area contributed by atoms with Crippen LogP contribution in [0.2, 0.25) is 0 Å². The van der Waals surface area contributed by atoms with Crippen molar-refractivity contribution in [2.45, 2.75) is 6.54 Å². The molecule has 22 heavy (non-hydrogen) atoms. The molecule has 1 aromatic heterocycles. The third-order valence-electron chi connectivity index (χ3n) is 2.97. The lowest BCUT2D eigenvalue weighted by Gasteiger charge is -2.13. The number of rotatable bonds is 6. The first-order valence-corrected chi connectivity index (χ1v) is 7.68. The molecule has 0 atom stereocenters. The Hall–Kier alpha value is -2.34. The van der Waals surface area contributed by atoms with Crippen LogP contribution < -0.4 is 10.2 Å². The van der Waals surface area contributed by atoms with Gasteiger partial charge in [-0.2, -0.15) is 0 Å². The zero-order valence-corrected chi connectivity index (χ0v) is 13.4. The Bertz CT molecular complexity index is 639. The van der Waals surface area contributed by atoms with Gasteiger partial charge in [0, 0.05) is 24.7 Å². The second kappa shape index (κ2) is 7.61. The highest BCUT2D eigenvalue weighted by Crippen LogP contribution is 2.14. The van der Waals surface area contributed by atoms with E-state index in [9.17, 15) is 9.59 Å². The van der Waals surface area contributed by atoms with Crippen molar-refractivity contribution < 1.29 is 14.3 Å². The van der Waals surface area contributed by atoms with Crippen molar-refractivity contribution in [2.24, 2.45) is 0 Å². The molecular formula is C16H18N2O3S. The zero-order chi connectivity index (χ0) is 15.9. The third-order valence-corrected chi connectivity index (χ3v) is 3.85. The van der Waals surface area contributed by atoms with Crippen LogP contribution in [0.5, 0.6) is 0 Å². The highest BCUT2D eigenvalue weighted by Gasteiger charge is 2.11. The van der Waals surface area contributed by atoms with Gasteiger partial charge in [-0.25, -0.2) is 4.79 Å². The van der Waals surface area contributed by atoms with Crippen molar-refractivity contribution >= 4 is 28.9 Å². The second-order valence-electron chi connectivity index (χ2n) is 4.88. The minimum absolute atomic E-state index is 0.281. The molecule has 116 valence electrons. The smallest absolute Gasteiger partial charge is 0.338 e. The largest absolute Gasteiger partial charge is 0.452 e. The maximum atomic E-state index is 11.9. The number of nitrogens with zero attached hydrogens (tertiary/aromatic N) is 1. The van der Waals surface area contributed by atoms with Gasteiger partial charge in [0.05, 0.1) is 12.1 Å². The molecule has 0 spiro atoms. The summed E-state index contributed by atoms with van der Waals surface area (Å²) >= 11 is 1.56. The molecular weight excluding hydrogens is 300 g/mol. The number of amides is 1. The normalized spacial score (nSPS) is 10.1. The summed E-state index contributed by atoms with van der Waals surface area (Å²) in [4.78, 5) is 26.5. The summed E-state index contributed by atoms with van der Waals surface area (Å²) in [6.45, 7) is 0.167. The van der Waals surface area contributed by atoms with Gasteiger partial charge in [-0.15, -0.1) is 11.3 Å². The van der Waals surface area contributed by atoms with E-state index in [2.05, 4.69) is 5.32 Å². The van der Waals surface area contributed by atoms with Gasteiger partial charge in [0.25, 0.3) is 5.91 Å². The monoisotopic (exact) mass is 318 g/mol. The maximum absolute atomic E-state index is 11.9. The first-order chi connectivity index (χ1) is 10.6. The average molecular weight is 318 g/mol. The van der Waals surface area contributed by atoms with Crippen molar-refractivity contribution in [1.29, 1.82) is 0 Å². The van der Waals surface area contributed by atoms with Crippen LogP contribution in [-0.4, -0.2) is 32.6 Å². The molecule has 1 amide bonds. The van der Waals surface area contributed by atoms with Gasteiger partial charge in [0.15, 0.2) is 6.61 Å². The number of benzene rings is 1. The van der Waals surface area contributed by atoms with Crippen molar-refractivity contribution in [3.05, 3.63) is 52.2 Å². The highest BCUT2D eigenvalue weighted by atomic mass is 32.1. The minimum atomic E-state index is -0.505. The summed E-state index contributed by atoms with van der Waals surface area (Å²) in [5.74, 6) is -0.819. The molecule has 0 fully saturated rings. The molecule has 0 bridgehead atoms. The topological polar surface area (TPSA) is 58.6 Å². The van der Waals surface area contributed by atoms with E-state index in [1.807, 2.05) is 42.6 Å². The molecule has 0 aliphatic carbocycles. The zero-order valence-electron chi connectivity index (χ0n) is 12.5. The fraction of sp³-hybridized carbons (Fsp3) is 0.250. The predicted octanol–water partition coefficient (Wildman–Crippen LogP) is 2.29. The number of esters is 1. The molecule has 1 heterocycles. The van der Waals surface area contributed by atoms with E-state index in [0.717, 1.165) is 10.6 Å². The van der Waals surface area contributed by atoms with Gasteiger partial charge >= 0.3 is 5.97 Å². The number of hydrogen-bond acceptors (Lipinski definition) is 5. The van der Waals surface area contributed by atoms with Crippen LogP contribution >= 0.6 is 11.3 Å². The quantitative estimate of drug-likeness (QED) is 0.830. The van der Waals surface area contributed by atoms with E-state index in [1.165, 1.54) is 0 Å². The van der Waals surface area contributed by atoms with Crippen molar-refractivity contribution in [1.82, 2.24) is 5.32 Å². The number of ether oxygens (including phenoxy) is 1. The maximum Gasteiger partial charge on any atom is 0.338 e. The van der Waals surface area contributed by atoms with Crippen molar-refractivity contribution in [3.8, 4) is 0 Å². The van der Waals surface area contributed by atoms with Crippen LogP contribution in [0.1, 0.15) is 15.2 Å². The fourth-order valence-corrected chi connectivity index (χ4v) is 2.42. The lowest BCUT2D eigenvalue weighted by atomic mass is 10.2. The molecule has 0 saturated heterocycles. The summed E-state index contributed by atoms with van der Waals surface area (Å²) in [6.07, 6.45) is 0. The van der Waals surface area contributed by atoms with Gasteiger partial charge in [-0.1, -0.05) is 12.1 Å². The first-order valence-electron chi connectivity index (χ1n) is 6.80. The van der Waals surface area contributed by atoms with Crippen LogP contribution in [0.15, 0.2) is 41.8 Å². The molecule has 2 rings (SSSR count). The van der Waals surface area contributed by atoms with Crippen LogP contribution in [0.3, 0.4) is 0 Å². The molecule has 5 nitrogen and oxygen atoms in total. The van der Waals surface area contributed by atoms with E-state index in [1.54, 1.807) is 29.5 Å². The highest BCUT2D eigenvalue weighted by molar-refractivity contribution is 7.09. The molecule has 0 radical (unpaired) electrons. The minimum Gasteiger partial charge on any atom is -0.452 e. The van der Waals surface area contributed by atoms with E-state index in [4.69, 9.17) is 4.74 Å². The van der Waals surface area contributed by atoms with Crippen molar-refractivity contribution in [3.63, 3.8) is 0 Å². The number of carbonyl (C=O) groups excluding carboxylic acids is 2. The Labute approximate surface area is 133 Å². The van der Waals surface area contributed by atoms with E-state index >= 15 is 0 Å². The van der Waals surface area contributed by atoms with Gasteiger partial charge in [0.1, 0.15) is 0 Å². The summed E-state index contributed by atoms with van der Waals surface area (Å²) in [5.41, 5.74) is 1.33. The molecule has 0 saturated carbocycles. The summed E-state index contributed by atoms with van der Waals surface area (Å²) in [5, 5.41) is 4.65. The average Bonchev–Trinajstić information content (AvgIpc) is 3.04. The molecule has 0 aliphatic heterocycles. The second-order valence-corrected chi connectivity index (χ2v) is 5.91. The predicted molar refractivity (Wildman–Crippen MR) is 87.2 cm³/mol. The molecule has 1 aromatic carbocycles. The summed E-state index contributed by atoms with van der Waals surface area (Å²) < 4.78 is 5.03. The Balaban J connectivity index is 1.81. The number of anilines is 1. The van der Waals surface area contributed by atoms with E-state index < -0.39 is 5.97 Å². The van der Waals surface area contributed by atoms with E-state index in [-0.39, 0.29) is 12.5 Å². The van der Waals surface area contributed by atoms with Crippen LogP contribution in [0, 0.1) is 0 Å². The Morgan fingerprint density at radius 1 is 1.23 bits per heavy atom. The standard InChI is InChI=1S/C16H18N2O3S/c1-18(2)13-6-3-5-12(9-13)16(20)21-11-15(19)17-10-14-7-4-8-22-14/h3-9H,10-11H2,1-2H3,(H,17,19). The van der Waals surface area contributed by atoms with Crippen LogP contribution in [0.25, 0.3) is 0 Å². The Morgan fingerprint density at radius 2 is 2.05 bits per heavy atom. The van der Waals surface area contributed by atoms with Crippen LogP contribution in [0.4, 0.5) is 5.69 Å². The first kappa shape index (κ1) is 16.0. The van der Waals surface area contributed by atoms with Gasteiger partial charge in [0.2, 0.25) is 0 Å². The third kappa shape index (κ3) is 4.60. The number of nitrogens with one attached hydrogen (secondary N) is 1. The summed E-state index contributed by atoms with van der Waals surface area (Å²) in [6, 6.07) is 10.9. The molecule has 0 unspecified atom stereocenters. The fourth-order valence-electron chi connectivity index (χ4n) is 1.78. The molecule has 2 aromatic rings. The lowest BCUT2D eigenvalue weighted by molar-refractivity contribution is -0.124. The molecule has 6 heteroatoms. The molecule has 0 aliphatic rings. The lowest BCUT2D eigenvalue weighted by Crippen LogP contribution is -2.28. The Morgan fingerprint density at radius 3 is 2.73 bits per heavy atom. The number of thiophene rings is 1. The van der Waals surface area contributed by atoms with Gasteiger partial charge in [-0.3, -0.25) is 4.79 Å². The van der Waals surface area contributed by atoms with Crippen molar-refractivity contribution in [2.75, 3.05) is 25.6 Å². The number of hydrogen-bond donors (Lipinski definition) is 1. The number of carbonyl (C=O) groups is 2. The van der Waals surface area contributed by atoms with Crippen LogP contribution in [-0.2, 0) is 16.1 Å². The van der Waals surface area contributed by atoms with Gasteiger partial charge < -0.3 is 15.0 Å². The van der Waals surface area contributed by atoms with E-state index in [0.29, 0.717) is 12.1 Å². The Kier molecular flexibility index (Phi) is 5.55. The SMILES string of the molecule is CN(C)c1cccc(C(=O)OCC(=O)NCc2cccs2)c1. The van der Waals surface area contributed by atoms with Gasteiger partial charge in [-0.05, 0) is 29.6 Å².